The van der Waals surface area contributed by atoms with Crippen LogP contribution in [0.1, 0.15) is 18.9 Å². The molecule has 0 aliphatic heterocycles. The third-order valence-corrected chi connectivity index (χ3v) is 3.53. The smallest absolute Gasteiger partial charge is 0.0539 e. The zero-order valence-corrected chi connectivity index (χ0v) is 11.7. The van der Waals surface area contributed by atoms with E-state index in [-0.39, 0.29) is 0 Å². The molecule has 2 aromatic rings. The fourth-order valence-corrected chi connectivity index (χ4v) is 2.41. The van der Waals surface area contributed by atoms with Crippen molar-refractivity contribution in [2.45, 2.75) is 31.3 Å². The van der Waals surface area contributed by atoms with Gasteiger partial charge in [-0.05, 0) is 24.8 Å². The predicted molar refractivity (Wildman–Crippen MR) is 78.1 cm³/mol. The molecule has 96 valence electrons. The second kappa shape index (κ2) is 6.50. The van der Waals surface area contributed by atoms with Crippen LogP contribution < -0.4 is 5.32 Å². The summed E-state index contributed by atoms with van der Waals surface area (Å²) in [6, 6.07) is 8.37. The Hall–Kier alpha value is -1.42. The van der Waals surface area contributed by atoms with Crippen LogP contribution in [-0.4, -0.2) is 16.0 Å². The van der Waals surface area contributed by atoms with Gasteiger partial charge in [0.1, 0.15) is 0 Å². The van der Waals surface area contributed by atoms with Crippen molar-refractivity contribution < 1.29 is 0 Å². The van der Waals surface area contributed by atoms with Crippen LogP contribution in [0.15, 0.2) is 41.6 Å². The van der Waals surface area contributed by atoms with Crippen LogP contribution in [0, 0.1) is 0 Å². The van der Waals surface area contributed by atoms with Crippen molar-refractivity contribution in [3.05, 3.63) is 42.2 Å². The van der Waals surface area contributed by atoms with Crippen LogP contribution in [0.4, 0.5) is 5.69 Å². The van der Waals surface area contributed by atoms with Crippen molar-refractivity contribution in [3.63, 3.8) is 0 Å². The minimum atomic E-state index is 0.821. The van der Waals surface area contributed by atoms with E-state index in [4.69, 9.17) is 0 Å². The molecule has 0 atom stereocenters. The Kier molecular flexibility index (Phi) is 4.70. The summed E-state index contributed by atoms with van der Waals surface area (Å²) < 4.78 is 2.00. The topological polar surface area (TPSA) is 29.9 Å². The van der Waals surface area contributed by atoms with Crippen LogP contribution in [-0.2, 0) is 13.1 Å². The lowest BCUT2D eigenvalue weighted by Crippen LogP contribution is -2.00. The van der Waals surface area contributed by atoms with Crippen LogP contribution in [0.3, 0.4) is 0 Å². The SMILES string of the molecule is CCCn1cc(CNc2ccccc2SC)cn1. The number of para-hydroxylation sites is 1. The molecule has 0 unspecified atom stereocenters. The van der Waals surface area contributed by atoms with Crippen molar-refractivity contribution in [2.24, 2.45) is 0 Å². The number of anilines is 1. The van der Waals surface area contributed by atoms with Crippen molar-refractivity contribution in [1.82, 2.24) is 9.78 Å². The molecule has 1 N–H and O–H groups in total. The molecule has 0 aliphatic rings. The lowest BCUT2D eigenvalue weighted by atomic mass is 10.3. The fraction of sp³-hybridized carbons (Fsp3) is 0.357. The molecule has 1 aromatic heterocycles. The number of aryl methyl sites for hydroxylation is 1. The molecule has 3 nitrogen and oxygen atoms in total. The molecule has 0 saturated carbocycles. The van der Waals surface area contributed by atoms with Gasteiger partial charge < -0.3 is 5.32 Å². The lowest BCUT2D eigenvalue weighted by Gasteiger charge is -2.08. The molecule has 4 heteroatoms. The van der Waals surface area contributed by atoms with Crippen LogP contribution in [0.25, 0.3) is 0 Å². The van der Waals surface area contributed by atoms with Crippen molar-refractivity contribution in [1.29, 1.82) is 0 Å². The molecule has 1 aromatic carbocycles. The van der Waals surface area contributed by atoms with E-state index < -0.39 is 0 Å². The summed E-state index contributed by atoms with van der Waals surface area (Å²) in [5.74, 6) is 0. The molecule has 18 heavy (non-hydrogen) atoms. The van der Waals surface area contributed by atoms with E-state index in [0.717, 1.165) is 19.5 Å². The Morgan fingerprint density at radius 1 is 1.33 bits per heavy atom. The van der Waals surface area contributed by atoms with E-state index in [1.165, 1.54) is 16.1 Å². The molecule has 1 heterocycles. The van der Waals surface area contributed by atoms with Gasteiger partial charge in [-0.3, -0.25) is 4.68 Å². The maximum absolute atomic E-state index is 4.33. The van der Waals surface area contributed by atoms with Gasteiger partial charge in [0.15, 0.2) is 0 Å². The highest BCUT2D eigenvalue weighted by molar-refractivity contribution is 7.98. The Labute approximate surface area is 113 Å². The monoisotopic (exact) mass is 261 g/mol. The molecule has 2 rings (SSSR count). The quantitative estimate of drug-likeness (QED) is 0.805. The normalized spacial score (nSPS) is 10.6. The van der Waals surface area contributed by atoms with Crippen molar-refractivity contribution >= 4 is 17.4 Å². The highest BCUT2D eigenvalue weighted by atomic mass is 32.2. The van der Waals surface area contributed by atoms with Gasteiger partial charge in [0.05, 0.1) is 6.20 Å². The summed E-state index contributed by atoms with van der Waals surface area (Å²) in [6.45, 7) is 3.97. The zero-order chi connectivity index (χ0) is 12.8. The maximum Gasteiger partial charge on any atom is 0.0539 e. The Morgan fingerprint density at radius 3 is 2.94 bits per heavy atom. The molecule has 0 saturated heterocycles. The molecule has 0 spiro atoms. The predicted octanol–water partition coefficient (Wildman–Crippen LogP) is 3.63. The minimum Gasteiger partial charge on any atom is -0.380 e. The van der Waals surface area contributed by atoms with Crippen molar-refractivity contribution in [2.75, 3.05) is 11.6 Å². The van der Waals surface area contributed by atoms with E-state index in [2.05, 4.69) is 54.1 Å². The molecule has 0 fully saturated rings. The van der Waals surface area contributed by atoms with Gasteiger partial charge in [-0.15, -0.1) is 11.8 Å². The molecule has 0 aliphatic carbocycles. The second-order valence-electron chi connectivity index (χ2n) is 4.17. The van der Waals surface area contributed by atoms with Gasteiger partial charge in [-0.2, -0.15) is 5.10 Å². The number of rotatable bonds is 6. The zero-order valence-electron chi connectivity index (χ0n) is 10.9. The highest BCUT2D eigenvalue weighted by Crippen LogP contribution is 2.24. The van der Waals surface area contributed by atoms with Gasteiger partial charge >= 0.3 is 0 Å². The van der Waals surface area contributed by atoms with Gasteiger partial charge in [0.25, 0.3) is 0 Å². The Morgan fingerprint density at radius 2 is 2.17 bits per heavy atom. The summed E-state index contributed by atoms with van der Waals surface area (Å²) in [6.07, 6.45) is 7.26. The number of benzene rings is 1. The van der Waals surface area contributed by atoms with E-state index in [1.54, 1.807) is 11.8 Å². The fourth-order valence-electron chi connectivity index (χ4n) is 1.84. The summed E-state index contributed by atoms with van der Waals surface area (Å²) in [4.78, 5) is 1.28. The second-order valence-corrected chi connectivity index (χ2v) is 5.01. The first-order chi connectivity index (χ1) is 8.83. The lowest BCUT2D eigenvalue weighted by molar-refractivity contribution is 0.602. The standard InChI is InChI=1S/C14H19N3S/c1-3-8-17-11-12(10-16-17)9-15-13-6-4-5-7-14(13)18-2/h4-7,10-11,15H,3,8-9H2,1-2H3. The Balaban J connectivity index is 1.97. The van der Waals surface area contributed by atoms with Crippen LogP contribution in [0.5, 0.6) is 0 Å². The molecular weight excluding hydrogens is 242 g/mol. The van der Waals surface area contributed by atoms with Crippen molar-refractivity contribution in [3.8, 4) is 0 Å². The average Bonchev–Trinajstić information content (AvgIpc) is 2.85. The first-order valence-corrected chi connectivity index (χ1v) is 7.44. The number of nitrogens with one attached hydrogen (secondary N) is 1. The first-order valence-electron chi connectivity index (χ1n) is 6.21. The third kappa shape index (κ3) is 3.29. The number of thioether (sulfide) groups is 1. The number of hydrogen-bond donors (Lipinski definition) is 1. The summed E-state index contributed by atoms with van der Waals surface area (Å²) in [5, 5.41) is 7.79. The van der Waals surface area contributed by atoms with E-state index in [0.29, 0.717) is 0 Å². The molecule has 0 bridgehead atoms. The first kappa shape index (κ1) is 13.0. The largest absolute Gasteiger partial charge is 0.380 e. The average molecular weight is 261 g/mol. The number of nitrogens with zero attached hydrogens (tertiary/aromatic N) is 2. The van der Waals surface area contributed by atoms with E-state index in [1.807, 2.05) is 10.9 Å². The summed E-state index contributed by atoms with van der Waals surface area (Å²) in [7, 11) is 0. The number of aromatic nitrogens is 2. The van der Waals surface area contributed by atoms with Gasteiger partial charge in [-0.1, -0.05) is 19.1 Å². The molecule has 0 radical (unpaired) electrons. The minimum absolute atomic E-state index is 0.821. The highest BCUT2D eigenvalue weighted by Gasteiger charge is 2.01. The van der Waals surface area contributed by atoms with Crippen LogP contribution >= 0.6 is 11.8 Å². The summed E-state index contributed by atoms with van der Waals surface area (Å²) >= 11 is 1.76. The molecule has 0 amide bonds. The van der Waals surface area contributed by atoms with Crippen LogP contribution in [0.2, 0.25) is 0 Å². The summed E-state index contributed by atoms with van der Waals surface area (Å²) in [5.41, 5.74) is 2.41. The third-order valence-electron chi connectivity index (χ3n) is 2.73. The van der Waals surface area contributed by atoms with Gasteiger partial charge in [-0.25, -0.2) is 0 Å². The van der Waals surface area contributed by atoms with E-state index >= 15 is 0 Å². The number of hydrogen-bond acceptors (Lipinski definition) is 3. The van der Waals surface area contributed by atoms with Gasteiger partial charge in [0.2, 0.25) is 0 Å². The molecular formula is C14H19N3S. The van der Waals surface area contributed by atoms with Gasteiger partial charge in [0, 0.05) is 35.4 Å². The van der Waals surface area contributed by atoms with E-state index in [9.17, 15) is 0 Å². The maximum atomic E-state index is 4.33. The Bertz CT molecular complexity index is 493.